The van der Waals surface area contributed by atoms with Gasteiger partial charge in [-0.1, -0.05) is 24.8 Å². The Morgan fingerprint density at radius 1 is 1.46 bits per heavy atom. The minimum absolute atomic E-state index is 0.239. The molecule has 1 rings (SSSR count). The first-order valence-corrected chi connectivity index (χ1v) is 5.01. The average Bonchev–Trinajstić information content (AvgIpc) is 2.13. The third-order valence-corrected chi connectivity index (χ3v) is 2.41. The Bertz CT molecular complexity index is 347. The largest absolute Gasteiger partial charge is 0.507 e. The number of aromatic hydroxyl groups is 1. The molecular weight excluding hydrogens is 228 g/mol. The molecular formula is C11H11BrO. The molecule has 1 aromatic rings. The van der Waals surface area contributed by atoms with Crippen LogP contribution in [0.3, 0.4) is 0 Å². The first-order valence-electron chi connectivity index (χ1n) is 4.22. The molecule has 0 saturated heterocycles. The van der Waals surface area contributed by atoms with Gasteiger partial charge in [-0.15, -0.1) is 0 Å². The number of rotatable bonds is 1. The van der Waals surface area contributed by atoms with Gasteiger partial charge in [0.15, 0.2) is 0 Å². The Balaban J connectivity index is 2.91. The summed E-state index contributed by atoms with van der Waals surface area (Å²) in [6.45, 7) is 2.09. The highest BCUT2D eigenvalue weighted by Crippen LogP contribution is 2.26. The van der Waals surface area contributed by atoms with Gasteiger partial charge < -0.3 is 5.11 Å². The lowest BCUT2D eigenvalue weighted by atomic mass is 10.2. The lowest BCUT2D eigenvalue weighted by Gasteiger charge is -1.97. The topological polar surface area (TPSA) is 20.2 Å². The van der Waals surface area contributed by atoms with E-state index in [9.17, 15) is 5.11 Å². The number of benzene rings is 1. The molecule has 0 bridgehead atoms. The maximum absolute atomic E-state index is 9.34. The Morgan fingerprint density at radius 2 is 2.23 bits per heavy atom. The van der Waals surface area contributed by atoms with E-state index in [4.69, 9.17) is 0 Å². The summed E-state index contributed by atoms with van der Waals surface area (Å²) in [5.41, 5.74) is 0.841. The second kappa shape index (κ2) is 4.94. The lowest BCUT2D eigenvalue weighted by Crippen LogP contribution is -1.77. The average molecular weight is 239 g/mol. The van der Waals surface area contributed by atoms with Crippen LogP contribution in [0.4, 0.5) is 0 Å². The molecule has 1 N–H and O–H groups in total. The van der Waals surface area contributed by atoms with Crippen LogP contribution in [0.15, 0.2) is 22.7 Å². The van der Waals surface area contributed by atoms with Crippen LogP contribution in [0.25, 0.3) is 0 Å². The molecule has 0 spiro atoms. The Labute approximate surface area is 86.9 Å². The Kier molecular flexibility index (Phi) is 3.85. The molecule has 0 unspecified atom stereocenters. The first kappa shape index (κ1) is 10.1. The summed E-state index contributed by atoms with van der Waals surface area (Å²) in [7, 11) is 0. The molecule has 0 fully saturated rings. The number of phenolic OH excluding ortho intramolecular Hbond substituents is 1. The molecule has 0 amide bonds. The molecule has 1 nitrogen and oxygen atoms in total. The van der Waals surface area contributed by atoms with Crippen molar-refractivity contribution in [3.63, 3.8) is 0 Å². The normalized spacial score (nSPS) is 9.08. The van der Waals surface area contributed by atoms with Crippen LogP contribution in [0.5, 0.6) is 5.75 Å². The van der Waals surface area contributed by atoms with E-state index in [-0.39, 0.29) is 5.75 Å². The van der Waals surface area contributed by atoms with Crippen molar-refractivity contribution in [2.24, 2.45) is 0 Å². The Morgan fingerprint density at radius 3 is 2.92 bits per heavy atom. The predicted molar refractivity (Wildman–Crippen MR) is 57.6 cm³/mol. The third kappa shape index (κ3) is 2.78. The zero-order valence-corrected chi connectivity index (χ0v) is 9.06. The quantitative estimate of drug-likeness (QED) is 0.745. The summed E-state index contributed by atoms with van der Waals surface area (Å²) in [5, 5.41) is 9.34. The molecule has 0 atom stereocenters. The zero-order valence-electron chi connectivity index (χ0n) is 7.47. The van der Waals surface area contributed by atoms with Crippen molar-refractivity contribution in [3.8, 4) is 17.6 Å². The van der Waals surface area contributed by atoms with E-state index < -0.39 is 0 Å². The minimum Gasteiger partial charge on any atom is -0.507 e. The summed E-state index contributed by atoms with van der Waals surface area (Å²) < 4.78 is 0.679. The number of hydrogen-bond acceptors (Lipinski definition) is 1. The fourth-order valence-corrected chi connectivity index (χ4v) is 1.26. The van der Waals surface area contributed by atoms with Crippen LogP contribution in [-0.4, -0.2) is 5.11 Å². The maximum Gasteiger partial charge on any atom is 0.131 e. The van der Waals surface area contributed by atoms with Gasteiger partial charge in [-0.2, -0.15) is 0 Å². The van der Waals surface area contributed by atoms with Gasteiger partial charge in [0.05, 0.1) is 4.47 Å². The molecule has 0 aliphatic carbocycles. The molecule has 2 heteroatoms. The number of halogens is 1. The highest BCUT2D eigenvalue weighted by Gasteiger charge is 2.00. The fourth-order valence-electron chi connectivity index (χ4n) is 0.899. The van der Waals surface area contributed by atoms with Gasteiger partial charge in [0.25, 0.3) is 0 Å². The summed E-state index contributed by atoms with van der Waals surface area (Å²) in [6, 6.07) is 5.30. The molecule has 13 heavy (non-hydrogen) atoms. The van der Waals surface area contributed by atoms with Crippen LogP contribution in [-0.2, 0) is 0 Å². The molecule has 0 radical (unpaired) electrons. The number of phenols is 1. The van der Waals surface area contributed by atoms with E-state index in [0.29, 0.717) is 4.47 Å². The van der Waals surface area contributed by atoms with Crippen LogP contribution in [0.2, 0.25) is 0 Å². The number of unbranched alkanes of at least 4 members (excludes halogenated alkanes) is 1. The lowest BCUT2D eigenvalue weighted by molar-refractivity contribution is 0.472. The van der Waals surface area contributed by atoms with Crippen molar-refractivity contribution in [1.29, 1.82) is 0 Å². The second-order valence-corrected chi connectivity index (χ2v) is 3.48. The molecule has 1 aromatic carbocycles. The predicted octanol–water partition coefficient (Wildman–Crippen LogP) is 3.31. The fraction of sp³-hybridized carbons (Fsp3) is 0.273. The van der Waals surface area contributed by atoms with Crippen molar-refractivity contribution >= 4 is 15.9 Å². The van der Waals surface area contributed by atoms with Crippen molar-refractivity contribution in [2.75, 3.05) is 0 Å². The van der Waals surface area contributed by atoms with Crippen molar-refractivity contribution in [2.45, 2.75) is 19.8 Å². The highest BCUT2D eigenvalue weighted by molar-refractivity contribution is 9.10. The minimum atomic E-state index is 0.239. The smallest absolute Gasteiger partial charge is 0.131 e. The van der Waals surface area contributed by atoms with E-state index in [1.165, 1.54) is 0 Å². The summed E-state index contributed by atoms with van der Waals surface area (Å²) >= 11 is 3.28. The van der Waals surface area contributed by atoms with Crippen LogP contribution in [0, 0.1) is 11.8 Å². The van der Waals surface area contributed by atoms with Gasteiger partial charge >= 0.3 is 0 Å². The van der Waals surface area contributed by atoms with Crippen molar-refractivity contribution in [3.05, 3.63) is 28.2 Å². The van der Waals surface area contributed by atoms with E-state index in [0.717, 1.165) is 18.4 Å². The SMILES string of the molecule is CCCC#Cc1cccc(O)c1Br. The van der Waals surface area contributed by atoms with E-state index in [1.807, 2.05) is 6.07 Å². The molecule has 0 saturated carbocycles. The monoisotopic (exact) mass is 238 g/mol. The van der Waals surface area contributed by atoms with E-state index >= 15 is 0 Å². The molecule has 68 valence electrons. The molecule has 0 aliphatic heterocycles. The Hall–Kier alpha value is -0.940. The van der Waals surface area contributed by atoms with Crippen molar-refractivity contribution < 1.29 is 5.11 Å². The standard InChI is InChI=1S/C11H11BrO/c1-2-3-4-6-9-7-5-8-10(13)11(9)12/h5,7-8,13H,2-3H2,1H3. The van der Waals surface area contributed by atoms with Gasteiger partial charge in [-0.25, -0.2) is 0 Å². The van der Waals surface area contributed by atoms with E-state index in [1.54, 1.807) is 12.1 Å². The highest BCUT2D eigenvalue weighted by atomic mass is 79.9. The summed E-state index contributed by atoms with van der Waals surface area (Å²) in [5.74, 6) is 6.27. The number of hydrogen-bond donors (Lipinski definition) is 1. The van der Waals surface area contributed by atoms with E-state index in [2.05, 4.69) is 34.7 Å². The van der Waals surface area contributed by atoms with Crippen molar-refractivity contribution in [1.82, 2.24) is 0 Å². The van der Waals surface area contributed by atoms with Gasteiger partial charge in [-0.05, 0) is 34.5 Å². The van der Waals surface area contributed by atoms with Gasteiger partial charge in [0.2, 0.25) is 0 Å². The van der Waals surface area contributed by atoms with Crippen LogP contribution in [0.1, 0.15) is 25.3 Å². The first-order chi connectivity index (χ1) is 6.25. The maximum atomic E-state index is 9.34. The second-order valence-electron chi connectivity index (χ2n) is 2.69. The summed E-state index contributed by atoms with van der Waals surface area (Å²) in [4.78, 5) is 0. The van der Waals surface area contributed by atoms with Gasteiger partial charge in [0, 0.05) is 12.0 Å². The van der Waals surface area contributed by atoms with Gasteiger partial charge in [-0.3, -0.25) is 0 Å². The summed E-state index contributed by atoms with van der Waals surface area (Å²) in [6.07, 6.45) is 1.95. The third-order valence-electron chi connectivity index (χ3n) is 1.58. The molecule has 0 aromatic heterocycles. The van der Waals surface area contributed by atoms with Crippen LogP contribution >= 0.6 is 15.9 Å². The zero-order chi connectivity index (χ0) is 9.68. The van der Waals surface area contributed by atoms with Gasteiger partial charge in [0.1, 0.15) is 5.75 Å². The molecule has 0 aliphatic rings. The van der Waals surface area contributed by atoms with Crippen LogP contribution < -0.4 is 0 Å². The molecule has 0 heterocycles.